The van der Waals surface area contributed by atoms with E-state index in [-0.39, 0.29) is 10.8 Å². The first-order chi connectivity index (χ1) is 14.6. The van der Waals surface area contributed by atoms with E-state index in [4.69, 9.17) is 21.1 Å². The van der Waals surface area contributed by atoms with Crippen LogP contribution in [0.25, 0.3) is 0 Å². The third-order valence-electron chi connectivity index (χ3n) is 5.11. The molecular formula is C22H29ClN4O3. The van der Waals surface area contributed by atoms with Gasteiger partial charge in [0.05, 0.1) is 25.1 Å². The summed E-state index contributed by atoms with van der Waals surface area (Å²) in [7, 11) is 1.64. The summed E-state index contributed by atoms with van der Waals surface area (Å²) < 4.78 is 11.1. The highest BCUT2D eigenvalue weighted by Crippen LogP contribution is 2.38. The minimum absolute atomic E-state index is 0.0474. The maximum Gasteiger partial charge on any atom is 0.343 e. The Kier molecular flexibility index (Phi) is 8.13. The van der Waals surface area contributed by atoms with E-state index in [2.05, 4.69) is 27.1 Å². The number of hydrogen-bond donors (Lipinski definition) is 1. The molecule has 0 spiro atoms. The number of hydrogen-bond acceptors (Lipinski definition) is 7. The summed E-state index contributed by atoms with van der Waals surface area (Å²) in [5.41, 5.74) is 1.96. The number of aromatic nitrogens is 2. The molecular weight excluding hydrogens is 404 g/mol. The summed E-state index contributed by atoms with van der Waals surface area (Å²) in [6, 6.07) is 5.89. The smallest absolute Gasteiger partial charge is 0.343 e. The van der Waals surface area contributed by atoms with Gasteiger partial charge in [0, 0.05) is 19.3 Å². The lowest BCUT2D eigenvalue weighted by Gasteiger charge is -2.30. The van der Waals surface area contributed by atoms with Crippen molar-refractivity contribution in [3.05, 3.63) is 35.2 Å². The summed E-state index contributed by atoms with van der Waals surface area (Å²) in [5, 5.41) is 3.25. The second-order valence-corrected chi connectivity index (χ2v) is 7.61. The molecule has 8 heteroatoms. The van der Waals surface area contributed by atoms with E-state index in [0.29, 0.717) is 23.9 Å². The molecule has 0 saturated carbocycles. The van der Waals surface area contributed by atoms with Crippen molar-refractivity contribution in [1.29, 1.82) is 0 Å². The molecule has 1 aromatic heterocycles. The topological polar surface area (TPSA) is 76.6 Å². The number of carbonyl (C=O) groups is 1. The van der Waals surface area contributed by atoms with Gasteiger partial charge in [-0.05, 0) is 49.4 Å². The monoisotopic (exact) mass is 432 g/mol. The fraction of sp³-hybridized carbons (Fsp3) is 0.500. The maximum absolute atomic E-state index is 12.6. The van der Waals surface area contributed by atoms with Crippen LogP contribution in [0, 0.1) is 0 Å². The quantitative estimate of drug-likeness (QED) is 0.330. The predicted molar refractivity (Wildman–Crippen MR) is 119 cm³/mol. The number of benzene rings is 1. The van der Waals surface area contributed by atoms with Crippen LogP contribution in [-0.2, 0) is 4.74 Å². The molecule has 1 aliphatic rings. The molecule has 3 rings (SSSR count). The SMILES string of the molecule is CCCCCOC(=O)c1cnc(Cl)nc1Nc1cccc(N2CCCCC2)c1OC. The molecule has 1 aromatic carbocycles. The van der Waals surface area contributed by atoms with Crippen LogP contribution in [0.15, 0.2) is 24.4 Å². The zero-order chi connectivity index (χ0) is 21.3. The zero-order valence-electron chi connectivity index (χ0n) is 17.6. The Labute approximate surface area is 182 Å². The standard InChI is InChI=1S/C22H29ClN4O3/c1-3-4-8-14-30-21(28)16-15-24-22(23)26-20(16)25-17-10-9-11-18(19(17)29-2)27-12-6-5-7-13-27/h9-11,15H,3-8,12-14H2,1-2H3,(H,24,25,26). The second-order valence-electron chi connectivity index (χ2n) is 7.27. The average molecular weight is 433 g/mol. The van der Waals surface area contributed by atoms with E-state index in [1.54, 1.807) is 7.11 Å². The molecule has 2 aromatic rings. The lowest BCUT2D eigenvalue weighted by atomic mass is 10.1. The van der Waals surface area contributed by atoms with E-state index in [1.165, 1.54) is 12.6 Å². The second kappa shape index (κ2) is 11.0. The minimum atomic E-state index is -0.476. The van der Waals surface area contributed by atoms with Crippen molar-refractivity contribution in [2.45, 2.75) is 45.4 Å². The molecule has 0 radical (unpaired) electrons. The highest BCUT2D eigenvalue weighted by Gasteiger charge is 2.21. The van der Waals surface area contributed by atoms with Gasteiger partial charge < -0.3 is 19.7 Å². The molecule has 0 amide bonds. The first-order valence-corrected chi connectivity index (χ1v) is 10.9. The Hall–Kier alpha value is -2.54. The lowest BCUT2D eigenvalue weighted by molar-refractivity contribution is 0.0498. The lowest BCUT2D eigenvalue weighted by Crippen LogP contribution is -2.29. The van der Waals surface area contributed by atoms with Gasteiger partial charge in [0.1, 0.15) is 11.4 Å². The number of rotatable bonds is 9. The van der Waals surface area contributed by atoms with Crippen molar-refractivity contribution in [2.75, 3.05) is 37.0 Å². The molecule has 1 aliphatic heterocycles. The average Bonchev–Trinajstić information content (AvgIpc) is 2.77. The Bertz CT molecular complexity index is 856. The molecule has 30 heavy (non-hydrogen) atoms. The number of piperidine rings is 1. The van der Waals surface area contributed by atoms with Crippen molar-refractivity contribution >= 4 is 34.8 Å². The molecule has 0 unspecified atom stereocenters. The van der Waals surface area contributed by atoms with Gasteiger partial charge in [0.25, 0.3) is 0 Å². The van der Waals surface area contributed by atoms with Crippen LogP contribution in [0.2, 0.25) is 5.28 Å². The number of methoxy groups -OCH3 is 1. The Morgan fingerprint density at radius 2 is 2.03 bits per heavy atom. The molecule has 1 N–H and O–H groups in total. The Morgan fingerprint density at radius 3 is 2.77 bits per heavy atom. The number of unbranched alkanes of at least 4 members (excludes halogenated alkanes) is 2. The van der Waals surface area contributed by atoms with Crippen LogP contribution < -0.4 is 15.0 Å². The molecule has 7 nitrogen and oxygen atoms in total. The van der Waals surface area contributed by atoms with Gasteiger partial charge in [-0.15, -0.1) is 0 Å². The van der Waals surface area contributed by atoms with Crippen molar-refractivity contribution in [1.82, 2.24) is 9.97 Å². The molecule has 162 valence electrons. The Morgan fingerprint density at radius 1 is 1.23 bits per heavy atom. The summed E-state index contributed by atoms with van der Waals surface area (Å²) in [6.45, 7) is 4.45. The van der Waals surface area contributed by atoms with Gasteiger partial charge in [-0.1, -0.05) is 25.8 Å². The highest BCUT2D eigenvalue weighted by atomic mass is 35.5. The first kappa shape index (κ1) is 22.2. The summed E-state index contributed by atoms with van der Waals surface area (Å²) in [4.78, 5) is 23.1. The number of carbonyl (C=O) groups excluding carboxylic acids is 1. The summed E-state index contributed by atoms with van der Waals surface area (Å²) >= 11 is 6.01. The van der Waals surface area contributed by atoms with E-state index in [1.807, 2.05) is 18.2 Å². The number of para-hydroxylation sites is 1. The van der Waals surface area contributed by atoms with Crippen LogP contribution in [0.5, 0.6) is 5.75 Å². The molecule has 0 atom stereocenters. The van der Waals surface area contributed by atoms with E-state index < -0.39 is 5.97 Å². The number of anilines is 3. The molecule has 0 aliphatic carbocycles. The van der Waals surface area contributed by atoms with E-state index in [0.717, 1.165) is 50.9 Å². The van der Waals surface area contributed by atoms with Crippen molar-refractivity contribution in [3.8, 4) is 5.75 Å². The van der Waals surface area contributed by atoms with Crippen LogP contribution in [0.1, 0.15) is 55.8 Å². The summed E-state index contributed by atoms with van der Waals surface area (Å²) in [5.74, 6) is 0.525. The van der Waals surface area contributed by atoms with Crippen LogP contribution in [0.3, 0.4) is 0 Å². The van der Waals surface area contributed by atoms with Crippen LogP contribution in [-0.4, -0.2) is 42.7 Å². The minimum Gasteiger partial charge on any atom is -0.492 e. The third kappa shape index (κ3) is 5.53. The molecule has 1 fully saturated rings. The van der Waals surface area contributed by atoms with Gasteiger partial charge in [-0.3, -0.25) is 0 Å². The first-order valence-electron chi connectivity index (χ1n) is 10.5. The third-order valence-corrected chi connectivity index (χ3v) is 5.29. The number of nitrogens with one attached hydrogen (secondary N) is 1. The Balaban J connectivity index is 1.85. The number of nitrogens with zero attached hydrogens (tertiary/aromatic N) is 3. The van der Waals surface area contributed by atoms with Gasteiger partial charge in [0.15, 0.2) is 5.75 Å². The molecule has 1 saturated heterocycles. The van der Waals surface area contributed by atoms with Crippen molar-refractivity contribution in [3.63, 3.8) is 0 Å². The zero-order valence-corrected chi connectivity index (χ0v) is 18.4. The summed E-state index contributed by atoms with van der Waals surface area (Å²) in [6.07, 6.45) is 7.86. The fourth-order valence-electron chi connectivity index (χ4n) is 3.55. The van der Waals surface area contributed by atoms with Crippen LogP contribution >= 0.6 is 11.6 Å². The highest BCUT2D eigenvalue weighted by molar-refractivity contribution is 6.28. The van der Waals surface area contributed by atoms with Gasteiger partial charge >= 0.3 is 5.97 Å². The number of esters is 1. The van der Waals surface area contributed by atoms with Crippen molar-refractivity contribution < 1.29 is 14.3 Å². The number of ether oxygens (including phenoxy) is 2. The van der Waals surface area contributed by atoms with Gasteiger partial charge in [0.2, 0.25) is 5.28 Å². The number of halogens is 1. The molecule has 2 heterocycles. The molecule has 0 bridgehead atoms. The normalized spacial score (nSPS) is 13.8. The fourth-order valence-corrected chi connectivity index (χ4v) is 3.68. The van der Waals surface area contributed by atoms with Gasteiger partial charge in [-0.25, -0.2) is 9.78 Å². The van der Waals surface area contributed by atoms with Crippen molar-refractivity contribution in [2.24, 2.45) is 0 Å². The van der Waals surface area contributed by atoms with E-state index in [9.17, 15) is 4.79 Å². The van der Waals surface area contributed by atoms with E-state index >= 15 is 0 Å². The largest absolute Gasteiger partial charge is 0.492 e. The van der Waals surface area contributed by atoms with Crippen LogP contribution in [0.4, 0.5) is 17.2 Å². The maximum atomic E-state index is 12.6. The van der Waals surface area contributed by atoms with Gasteiger partial charge in [-0.2, -0.15) is 4.98 Å². The predicted octanol–water partition coefficient (Wildman–Crippen LogP) is 5.22.